The number of ether oxygens (including phenoxy) is 2. The number of hydrogen-bond acceptors (Lipinski definition) is 6. The number of aromatic amines is 1. The number of aryl methyl sites for hydroxylation is 1. The summed E-state index contributed by atoms with van der Waals surface area (Å²) in [7, 11) is 0. The summed E-state index contributed by atoms with van der Waals surface area (Å²) in [5, 5.41) is 7.05. The maximum Gasteiger partial charge on any atom is 0.279 e. The van der Waals surface area contributed by atoms with Gasteiger partial charge in [0.25, 0.3) is 5.91 Å². The van der Waals surface area contributed by atoms with Gasteiger partial charge in [0, 0.05) is 18.5 Å². The summed E-state index contributed by atoms with van der Waals surface area (Å²) < 4.78 is 13.1. The van der Waals surface area contributed by atoms with E-state index in [2.05, 4.69) is 21.0 Å². The molecule has 10 heteroatoms. The smallest absolute Gasteiger partial charge is 0.279 e. The highest BCUT2D eigenvalue weighted by Gasteiger charge is 2.16. The van der Waals surface area contributed by atoms with Crippen LogP contribution in [0.15, 0.2) is 48.5 Å². The van der Waals surface area contributed by atoms with Crippen LogP contribution in [-0.2, 0) is 16.1 Å². The summed E-state index contributed by atoms with van der Waals surface area (Å²) in [5.74, 6) is 1.05. The molecule has 0 aliphatic carbocycles. The highest BCUT2D eigenvalue weighted by molar-refractivity contribution is 7.71. The van der Waals surface area contributed by atoms with Gasteiger partial charge in [-0.25, -0.2) is 0 Å². The van der Waals surface area contributed by atoms with E-state index in [1.807, 2.05) is 38.1 Å². The topological polar surface area (TPSA) is 110 Å². The van der Waals surface area contributed by atoms with Crippen molar-refractivity contribution < 1.29 is 19.1 Å². The molecule has 3 N–H and O–H groups in total. The molecule has 3 rings (SSSR count). The summed E-state index contributed by atoms with van der Waals surface area (Å²) in [5.41, 5.74) is 6.79. The number of benzene rings is 2. The van der Waals surface area contributed by atoms with Crippen molar-refractivity contribution in [3.8, 4) is 22.9 Å². The SMILES string of the molecule is CCOc1ccc(OC(C)C(=O)NNC(=O)CCn2c(-c3cccc(C)c3)n[nH]c2=S)cc1. The minimum Gasteiger partial charge on any atom is -0.494 e. The Kier molecular flexibility index (Phi) is 8.20. The minimum atomic E-state index is -0.807. The third-order valence-corrected chi connectivity index (χ3v) is 5.05. The molecule has 1 aromatic heterocycles. The third kappa shape index (κ3) is 6.66. The molecule has 3 aromatic rings. The van der Waals surface area contributed by atoms with Crippen molar-refractivity contribution in [3.05, 3.63) is 58.9 Å². The molecule has 1 unspecified atom stereocenters. The van der Waals surface area contributed by atoms with E-state index in [0.717, 1.165) is 16.9 Å². The Bertz CT molecular complexity index is 1160. The molecule has 174 valence electrons. The molecule has 0 bridgehead atoms. The lowest BCUT2D eigenvalue weighted by atomic mass is 10.1. The van der Waals surface area contributed by atoms with Crippen LogP contribution >= 0.6 is 12.2 Å². The highest BCUT2D eigenvalue weighted by atomic mass is 32.1. The van der Waals surface area contributed by atoms with Gasteiger partial charge in [-0.15, -0.1) is 0 Å². The first-order valence-electron chi connectivity index (χ1n) is 10.6. The van der Waals surface area contributed by atoms with Crippen LogP contribution in [0.2, 0.25) is 0 Å². The van der Waals surface area contributed by atoms with Gasteiger partial charge in [-0.3, -0.25) is 30.1 Å². The average Bonchev–Trinajstić information content (AvgIpc) is 3.17. The summed E-state index contributed by atoms with van der Waals surface area (Å²) in [4.78, 5) is 24.5. The lowest BCUT2D eigenvalue weighted by molar-refractivity contribution is -0.132. The molecular formula is C23H27N5O4S. The molecule has 33 heavy (non-hydrogen) atoms. The van der Waals surface area contributed by atoms with E-state index in [1.54, 1.807) is 35.8 Å². The van der Waals surface area contributed by atoms with Crippen molar-refractivity contribution in [1.82, 2.24) is 25.6 Å². The lowest BCUT2D eigenvalue weighted by Gasteiger charge is -2.15. The average molecular weight is 470 g/mol. The second kappa shape index (κ2) is 11.3. The molecule has 9 nitrogen and oxygen atoms in total. The zero-order chi connectivity index (χ0) is 23.8. The number of carbonyl (C=O) groups is 2. The van der Waals surface area contributed by atoms with Crippen LogP contribution in [0.25, 0.3) is 11.4 Å². The number of H-pyrrole nitrogens is 1. The first kappa shape index (κ1) is 24.0. The number of hydrazine groups is 1. The van der Waals surface area contributed by atoms with Gasteiger partial charge in [0.2, 0.25) is 5.91 Å². The Hall–Kier alpha value is -3.66. The van der Waals surface area contributed by atoms with Gasteiger partial charge in [0.1, 0.15) is 11.5 Å². The van der Waals surface area contributed by atoms with Crippen molar-refractivity contribution in [2.45, 2.75) is 39.8 Å². The molecule has 0 saturated heterocycles. The largest absolute Gasteiger partial charge is 0.494 e. The van der Waals surface area contributed by atoms with E-state index in [9.17, 15) is 9.59 Å². The molecular weight excluding hydrogens is 442 g/mol. The van der Waals surface area contributed by atoms with Gasteiger partial charge in [0.15, 0.2) is 16.7 Å². The fourth-order valence-corrected chi connectivity index (χ4v) is 3.30. The van der Waals surface area contributed by atoms with E-state index >= 15 is 0 Å². The molecule has 2 aromatic carbocycles. The summed E-state index contributed by atoms with van der Waals surface area (Å²) in [6.07, 6.45) is -0.709. The summed E-state index contributed by atoms with van der Waals surface area (Å²) in [6, 6.07) is 14.8. The van der Waals surface area contributed by atoms with Gasteiger partial charge in [0.05, 0.1) is 6.61 Å². The van der Waals surface area contributed by atoms with Crippen LogP contribution in [0.5, 0.6) is 11.5 Å². The number of carbonyl (C=O) groups excluding carboxylic acids is 2. The van der Waals surface area contributed by atoms with Gasteiger partial charge in [-0.2, -0.15) is 5.10 Å². The van der Waals surface area contributed by atoms with E-state index < -0.39 is 12.0 Å². The fraction of sp³-hybridized carbons (Fsp3) is 0.304. The molecule has 0 aliphatic heterocycles. The summed E-state index contributed by atoms with van der Waals surface area (Å²) in [6.45, 7) is 6.36. The van der Waals surface area contributed by atoms with Crippen molar-refractivity contribution in [2.24, 2.45) is 0 Å². The predicted octanol–water partition coefficient (Wildman–Crippen LogP) is 3.32. The van der Waals surface area contributed by atoms with E-state index in [-0.39, 0.29) is 12.3 Å². The Labute approximate surface area is 197 Å². The maximum atomic E-state index is 12.3. The standard InChI is InChI=1S/C23H27N5O4S/c1-4-31-18-8-10-19(11-9-18)32-16(3)22(30)26-24-20(29)12-13-28-21(25-27-23(28)33)17-7-5-6-15(2)14-17/h5-11,14,16H,4,12-13H2,1-3H3,(H,24,29)(H,26,30)(H,27,33). The van der Waals surface area contributed by atoms with Crippen LogP contribution in [0.3, 0.4) is 0 Å². The second-order valence-electron chi connectivity index (χ2n) is 7.33. The molecule has 2 amide bonds. The Morgan fingerprint density at radius 3 is 2.58 bits per heavy atom. The number of nitrogens with zero attached hydrogens (tertiary/aromatic N) is 2. The van der Waals surface area contributed by atoms with Gasteiger partial charge in [-0.1, -0.05) is 23.8 Å². The minimum absolute atomic E-state index is 0.0983. The monoisotopic (exact) mass is 469 g/mol. The van der Waals surface area contributed by atoms with Crippen molar-refractivity contribution >= 4 is 24.0 Å². The molecule has 0 radical (unpaired) electrons. The van der Waals surface area contributed by atoms with Crippen LogP contribution in [0.1, 0.15) is 25.8 Å². The number of nitrogens with one attached hydrogen (secondary N) is 3. The highest BCUT2D eigenvalue weighted by Crippen LogP contribution is 2.19. The zero-order valence-corrected chi connectivity index (χ0v) is 19.6. The Balaban J connectivity index is 1.49. The molecule has 1 heterocycles. The van der Waals surface area contributed by atoms with Crippen LogP contribution in [0.4, 0.5) is 0 Å². The second-order valence-corrected chi connectivity index (χ2v) is 7.71. The van der Waals surface area contributed by atoms with E-state index in [0.29, 0.717) is 29.5 Å². The molecule has 0 fully saturated rings. The maximum absolute atomic E-state index is 12.3. The Morgan fingerprint density at radius 2 is 1.88 bits per heavy atom. The van der Waals surface area contributed by atoms with Crippen molar-refractivity contribution in [3.63, 3.8) is 0 Å². The first-order chi connectivity index (χ1) is 15.9. The van der Waals surface area contributed by atoms with E-state index in [1.165, 1.54) is 0 Å². The third-order valence-electron chi connectivity index (χ3n) is 4.74. The van der Waals surface area contributed by atoms with E-state index in [4.69, 9.17) is 21.7 Å². The fourth-order valence-electron chi connectivity index (χ4n) is 3.08. The number of hydrogen-bond donors (Lipinski definition) is 3. The normalized spacial score (nSPS) is 11.5. The van der Waals surface area contributed by atoms with Gasteiger partial charge in [-0.05, 0) is 63.3 Å². The van der Waals surface area contributed by atoms with Crippen LogP contribution in [-0.4, -0.2) is 39.3 Å². The molecule has 0 spiro atoms. The quantitative estimate of drug-likeness (QED) is 0.328. The Morgan fingerprint density at radius 1 is 1.15 bits per heavy atom. The lowest BCUT2D eigenvalue weighted by Crippen LogP contribution is -2.47. The number of amides is 2. The first-order valence-corrected chi connectivity index (χ1v) is 11.0. The van der Waals surface area contributed by atoms with Crippen molar-refractivity contribution in [1.29, 1.82) is 0 Å². The zero-order valence-electron chi connectivity index (χ0n) is 18.8. The van der Waals surface area contributed by atoms with Gasteiger partial charge >= 0.3 is 0 Å². The molecule has 1 atom stereocenters. The molecule has 0 aliphatic rings. The van der Waals surface area contributed by atoms with Gasteiger partial charge < -0.3 is 9.47 Å². The number of aromatic nitrogens is 3. The molecule has 0 saturated carbocycles. The summed E-state index contributed by atoms with van der Waals surface area (Å²) >= 11 is 5.30. The van der Waals surface area contributed by atoms with Crippen molar-refractivity contribution in [2.75, 3.05) is 6.61 Å². The van der Waals surface area contributed by atoms with Crippen LogP contribution < -0.4 is 20.3 Å². The van der Waals surface area contributed by atoms with Crippen LogP contribution in [0, 0.1) is 11.7 Å². The number of rotatable bonds is 9. The predicted molar refractivity (Wildman–Crippen MR) is 126 cm³/mol.